The van der Waals surface area contributed by atoms with Crippen LogP contribution >= 0.6 is 0 Å². The number of alkyl halides is 3. The Bertz CT molecular complexity index is 1580. The van der Waals surface area contributed by atoms with E-state index in [9.17, 15) is 22.8 Å². The van der Waals surface area contributed by atoms with Crippen molar-refractivity contribution in [2.75, 3.05) is 6.61 Å². The molecule has 1 heterocycles. The maximum Gasteiger partial charge on any atom is 0.416 e. The first-order valence-electron chi connectivity index (χ1n) is 15.8. The average molecular weight is 667 g/mol. The minimum absolute atomic E-state index is 0.0290. The van der Waals surface area contributed by atoms with Crippen LogP contribution in [0.15, 0.2) is 91.0 Å². The molecular formula is C37H41F3O6Si. The highest BCUT2D eigenvalue weighted by Gasteiger charge is 2.51. The van der Waals surface area contributed by atoms with Gasteiger partial charge in [0.1, 0.15) is 24.6 Å². The topological polar surface area (TPSA) is 71.1 Å². The van der Waals surface area contributed by atoms with Crippen LogP contribution in [-0.4, -0.2) is 45.2 Å². The summed E-state index contributed by atoms with van der Waals surface area (Å²) < 4.78 is 64.1. The summed E-state index contributed by atoms with van der Waals surface area (Å²) in [7, 11) is -2.35. The number of carbonyl (C=O) groups is 2. The third-order valence-corrected chi connectivity index (χ3v) is 13.9. The fourth-order valence-electron chi connectivity index (χ4n) is 5.80. The zero-order valence-electron chi connectivity index (χ0n) is 27.3. The Labute approximate surface area is 275 Å². The van der Waals surface area contributed by atoms with Crippen LogP contribution in [0.4, 0.5) is 13.2 Å². The molecule has 0 bridgehead atoms. The Morgan fingerprint density at radius 1 is 0.979 bits per heavy atom. The summed E-state index contributed by atoms with van der Waals surface area (Å²) in [4.78, 5) is 25.5. The SMILES string of the molecule is CC(C)(C)[Si](C)(C)O[C@H](/C=C/[C@@H]1[C@H]2CC(=O)O[C@H]2C[C@H]1OC(=O)c1ccc(-c2ccccc2)cc1)COc1cccc(C(F)(F)F)c1. The zero-order valence-corrected chi connectivity index (χ0v) is 28.3. The van der Waals surface area contributed by atoms with Crippen molar-refractivity contribution in [1.29, 1.82) is 0 Å². The molecule has 2 fully saturated rings. The van der Waals surface area contributed by atoms with Crippen LogP contribution in [0.25, 0.3) is 11.1 Å². The van der Waals surface area contributed by atoms with E-state index in [-0.39, 0.29) is 47.7 Å². The van der Waals surface area contributed by atoms with E-state index in [1.807, 2.05) is 54.6 Å². The van der Waals surface area contributed by atoms with E-state index in [1.54, 1.807) is 12.1 Å². The van der Waals surface area contributed by atoms with Gasteiger partial charge in [-0.2, -0.15) is 13.2 Å². The average Bonchev–Trinajstić information content (AvgIpc) is 3.53. The predicted octanol–water partition coefficient (Wildman–Crippen LogP) is 8.88. The van der Waals surface area contributed by atoms with Gasteiger partial charge in [-0.3, -0.25) is 4.79 Å². The molecule has 2 aliphatic rings. The molecule has 47 heavy (non-hydrogen) atoms. The number of carbonyl (C=O) groups excluding carboxylic acids is 2. The molecule has 1 saturated carbocycles. The molecule has 1 saturated heterocycles. The van der Waals surface area contributed by atoms with Gasteiger partial charge in [0.25, 0.3) is 0 Å². The van der Waals surface area contributed by atoms with E-state index in [4.69, 9.17) is 18.6 Å². The smallest absolute Gasteiger partial charge is 0.416 e. The second-order valence-corrected chi connectivity index (χ2v) is 18.5. The first-order valence-corrected chi connectivity index (χ1v) is 18.7. The fraction of sp³-hybridized carbons (Fsp3) is 0.405. The van der Waals surface area contributed by atoms with Gasteiger partial charge in [0, 0.05) is 18.3 Å². The van der Waals surface area contributed by atoms with Crippen molar-refractivity contribution in [2.45, 2.75) is 76.2 Å². The van der Waals surface area contributed by atoms with Crippen molar-refractivity contribution in [3.8, 4) is 16.9 Å². The van der Waals surface area contributed by atoms with Crippen molar-refractivity contribution in [3.05, 3.63) is 102 Å². The molecule has 0 aromatic heterocycles. The molecule has 10 heteroatoms. The molecule has 0 amide bonds. The summed E-state index contributed by atoms with van der Waals surface area (Å²) >= 11 is 0. The first kappa shape index (κ1) is 34.4. The highest BCUT2D eigenvalue weighted by Crippen LogP contribution is 2.44. The van der Waals surface area contributed by atoms with Gasteiger partial charge in [-0.15, -0.1) is 0 Å². The Hall–Kier alpha value is -3.89. The number of hydrogen-bond acceptors (Lipinski definition) is 6. The largest absolute Gasteiger partial charge is 0.491 e. The minimum Gasteiger partial charge on any atom is -0.491 e. The van der Waals surface area contributed by atoms with E-state index in [0.717, 1.165) is 23.3 Å². The molecule has 0 unspecified atom stereocenters. The zero-order chi connectivity index (χ0) is 34.0. The monoisotopic (exact) mass is 666 g/mol. The molecule has 0 spiro atoms. The predicted molar refractivity (Wildman–Crippen MR) is 175 cm³/mol. The third kappa shape index (κ3) is 8.34. The summed E-state index contributed by atoms with van der Waals surface area (Å²) in [6.07, 6.45) is -1.72. The van der Waals surface area contributed by atoms with Crippen molar-refractivity contribution in [2.24, 2.45) is 11.8 Å². The normalized spacial score (nSPS) is 22.2. The van der Waals surface area contributed by atoms with Crippen LogP contribution in [0.5, 0.6) is 5.75 Å². The highest BCUT2D eigenvalue weighted by molar-refractivity contribution is 6.74. The maximum atomic E-state index is 13.3. The molecule has 5 rings (SSSR count). The number of fused-ring (bicyclic) bond motifs is 1. The lowest BCUT2D eigenvalue weighted by atomic mass is 9.91. The van der Waals surface area contributed by atoms with Crippen LogP contribution < -0.4 is 4.74 Å². The van der Waals surface area contributed by atoms with Crippen LogP contribution in [0.1, 0.15) is 49.5 Å². The summed E-state index contributed by atoms with van der Waals surface area (Å²) in [6.45, 7) is 10.4. The van der Waals surface area contributed by atoms with Crippen LogP contribution in [0, 0.1) is 11.8 Å². The Kier molecular flexibility index (Phi) is 10.0. The summed E-state index contributed by atoms with van der Waals surface area (Å²) in [6, 6.07) is 21.8. The summed E-state index contributed by atoms with van der Waals surface area (Å²) in [5.41, 5.74) is 1.63. The van der Waals surface area contributed by atoms with Gasteiger partial charge >= 0.3 is 18.1 Å². The molecule has 6 nitrogen and oxygen atoms in total. The Morgan fingerprint density at radius 3 is 2.32 bits per heavy atom. The highest BCUT2D eigenvalue weighted by atomic mass is 28.4. The number of ether oxygens (including phenoxy) is 3. The number of esters is 2. The van der Waals surface area contributed by atoms with Crippen LogP contribution in [0.2, 0.25) is 18.1 Å². The van der Waals surface area contributed by atoms with E-state index >= 15 is 0 Å². The lowest BCUT2D eigenvalue weighted by molar-refractivity contribution is -0.142. The Morgan fingerprint density at radius 2 is 1.66 bits per heavy atom. The minimum atomic E-state index is -4.49. The maximum absolute atomic E-state index is 13.3. The second kappa shape index (κ2) is 13.7. The lowest BCUT2D eigenvalue weighted by Crippen LogP contribution is -2.45. The lowest BCUT2D eigenvalue weighted by Gasteiger charge is -2.38. The van der Waals surface area contributed by atoms with Crippen molar-refractivity contribution >= 4 is 20.3 Å². The Balaban J connectivity index is 1.35. The molecule has 5 atom stereocenters. The molecular weight excluding hydrogens is 625 g/mol. The quantitative estimate of drug-likeness (QED) is 0.122. The fourth-order valence-corrected chi connectivity index (χ4v) is 7.06. The van der Waals surface area contributed by atoms with Crippen molar-refractivity contribution < 1.29 is 41.4 Å². The van der Waals surface area contributed by atoms with Gasteiger partial charge in [-0.25, -0.2) is 4.79 Å². The van der Waals surface area contributed by atoms with E-state index in [1.165, 1.54) is 12.1 Å². The molecule has 250 valence electrons. The number of halogens is 3. The molecule has 1 aliphatic heterocycles. The third-order valence-electron chi connectivity index (χ3n) is 9.41. The van der Waals surface area contributed by atoms with E-state index < -0.39 is 38.2 Å². The van der Waals surface area contributed by atoms with Gasteiger partial charge in [0.15, 0.2) is 8.32 Å². The van der Waals surface area contributed by atoms with E-state index in [0.29, 0.717) is 12.0 Å². The molecule has 3 aromatic rings. The summed E-state index contributed by atoms with van der Waals surface area (Å²) in [5, 5.41) is -0.145. The summed E-state index contributed by atoms with van der Waals surface area (Å²) in [5.74, 6) is -1.20. The van der Waals surface area contributed by atoms with Crippen LogP contribution in [-0.2, 0) is 24.9 Å². The van der Waals surface area contributed by atoms with Gasteiger partial charge in [-0.05, 0) is 59.6 Å². The van der Waals surface area contributed by atoms with E-state index in [2.05, 4.69) is 33.9 Å². The van der Waals surface area contributed by atoms with Crippen LogP contribution in [0.3, 0.4) is 0 Å². The number of hydrogen-bond donors (Lipinski definition) is 0. The molecule has 0 N–H and O–H groups in total. The van der Waals surface area contributed by atoms with Gasteiger partial charge in [-0.1, -0.05) is 81.5 Å². The molecule has 1 aliphatic carbocycles. The number of rotatable bonds is 10. The molecule has 3 aromatic carbocycles. The number of benzene rings is 3. The van der Waals surface area contributed by atoms with Gasteiger partial charge < -0.3 is 18.6 Å². The van der Waals surface area contributed by atoms with Gasteiger partial charge in [0.2, 0.25) is 0 Å². The first-order chi connectivity index (χ1) is 22.1. The van der Waals surface area contributed by atoms with Crippen molar-refractivity contribution in [3.63, 3.8) is 0 Å². The van der Waals surface area contributed by atoms with Gasteiger partial charge in [0.05, 0.1) is 23.7 Å². The van der Waals surface area contributed by atoms with Crippen molar-refractivity contribution in [1.82, 2.24) is 0 Å². The standard InChI is InChI=1S/C37H41F3O6Si/c1-36(2,3)47(4,5)46-29(23-43-28-13-9-12-27(20-28)37(38,39)40)18-19-30-31-21-34(41)44-33(31)22-32(30)45-35(42)26-16-14-25(15-17-26)24-10-7-6-8-11-24/h6-20,29-33H,21-23H2,1-5H3/b19-18+/t29-,30-,31-,32-,33+/m1/s1. The molecule has 0 radical (unpaired) electrons. The second-order valence-electron chi connectivity index (χ2n) is 13.7.